The van der Waals surface area contributed by atoms with E-state index in [1.807, 2.05) is 48.7 Å². The largest absolute Gasteiger partial charge is 0.465 e. The predicted molar refractivity (Wildman–Crippen MR) is 114 cm³/mol. The average Bonchev–Trinajstić information content (AvgIpc) is 2.71. The van der Waals surface area contributed by atoms with Crippen LogP contribution in [0.4, 0.5) is 0 Å². The van der Waals surface area contributed by atoms with Crippen LogP contribution in [0.2, 0.25) is 0 Å². The molecule has 0 aromatic carbocycles. The SMILES string of the molecule is C=C1OC2N=CCC/C2=C(C)\C=C/C=C1c1nccc(=C)ccccc1=C. The molecule has 0 spiro atoms. The van der Waals surface area contributed by atoms with Gasteiger partial charge in [-0.15, -0.1) is 0 Å². The fraction of sp³-hybridized carbons (Fsp3) is 0.167. The van der Waals surface area contributed by atoms with Crippen LogP contribution in [0, 0.1) is 0 Å². The maximum atomic E-state index is 6.15. The molecule has 1 atom stereocenters. The topological polar surface area (TPSA) is 34.5 Å². The number of aliphatic imine (C=N–C) groups is 1. The Morgan fingerprint density at radius 3 is 2.78 bits per heavy atom. The first-order valence-corrected chi connectivity index (χ1v) is 8.99. The summed E-state index contributed by atoms with van der Waals surface area (Å²) < 4.78 is 6.15. The van der Waals surface area contributed by atoms with E-state index in [1.165, 1.54) is 11.1 Å². The second-order valence-corrected chi connectivity index (χ2v) is 6.52. The number of hydrogen-bond acceptors (Lipinski definition) is 3. The Bertz CT molecular complexity index is 1030. The third-order valence-corrected chi connectivity index (χ3v) is 4.52. The number of allylic oxidation sites excluding steroid dienone is 5. The van der Waals surface area contributed by atoms with Gasteiger partial charge in [-0.3, -0.25) is 9.98 Å². The van der Waals surface area contributed by atoms with Gasteiger partial charge >= 0.3 is 0 Å². The van der Waals surface area contributed by atoms with Crippen LogP contribution in [0.25, 0.3) is 18.7 Å². The number of fused-ring (bicyclic) bond motifs is 1. The molecule has 0 radical (unpaired) electrons. The van der Waals surface area contributed by atoms with Crippen molar-refractivity contribution in [2.24, 2.45) is 4.99 Å². The van der Waals surface area contributed by atoms with E-state index in [9.17, 15) is 0 Å². The fourth-order valence-electron chi connectivity index (χ4n) is 3.01. The number of nitrogens with zero attached hydrogens (tertiary/aromatic N) is 2. The normalized spacial score (nSPS) is 22.9. The zero-order chi connectivity index (χ0) is 19.2. The third-order valence-electron chi connectivity index (χ3n) is 4.52. The molecule has 2 aliphatic rings. The second-order valence-electron chi connectivity index (χ2n) is 6.52. The molecule has 3 nitrogen and oxygen atoms in total. The van der Waals surface area contributed by atoms with Crippen LogP contribution in [0.3, 0.4) is 0 Å². The van der Waals surface area contributed by atoms with Crippen LogP contribution >= 0.6 is 0 Å². The summed E-state index contributed by atoms with van der Waals surface area (Å²) in [5.41, 5.74) is 3.87. The van der Waals surface area contributed by atoms with E-state index in [2.05, 4.69) is 42.7 Å². The number of rotatable bonds is 1. The summed E-state index contributed by atoms with van der Waals surface area (Å²) in [7, 11) is 0. The van der Waals surface area contributed by atoms with E-state index < -0.39 is 0 Å². The van der Waals surface area contributed by atoms with Gasteiger partial charge < -0.3 is 4.74 Å². The smallest absolute Gasteiger partial charge is 0.211 e. The number of aromatic nitrogens is 1. The number of ether oxygens (including phenoxy) is 1. The summed E-state index contributed by atoms with van der Waals surface area (Å²) in [5, 5.41) is 1.65. The lowest BCUT2D eigenvalue weighted by Gasteiger charge is -2.24. The molecule has 1 unspecified atom stereocenters. The molecule has 0 saturated carbocycles. The molecule has 0 bridgehead atoms. The van der Waals surface area contributed by atoms with Gasteiger partial charge in [0.15, 0.2) is 0 Å². The van der Waals surface area contributed by atoms with Crippen molar-refractivity contribution in [2.75, 3.05) is 0 Å². The minimum Gasteiger partial charge on any atom is -0.465 e. The van der Waals surface area contributed by atoms with Gasteiger partial charge in [-0.1, -0.05) is 56.2 Å². The Balaban J connectivity index is 2.14. The lowest BCUT2D eigenvalue weighted by molar-refractivity contribution is 0.161. The zero-order valence-electron chi connectivity index (χ0n) is 15.7. The van der Waals surface area contributed by atoms with Crippen molar-refractivity contribution in [3.05, 3.63) is 94.4 Å². The van der Waals surface area contributed by atoms with Gasteiger partial charge in [0.25, 0.3) is 0 Å². The molecule has 1 aromatic rings. The van der Waals surface area contributed by atoms with Gasteiger partial charge in [-0.2, -0.15) is 0 Å². The molecule has 3 rings (SSSR count). The van der Waals surface area contributed by atoms with Crippen LogP contribution in [0.1, 0.15) is 25.5 Å². The highest BCUT2D eigenvalue weighted by Crippen LogP contribution is 2.29. The van der Waals surface area contributed by atoms with E-state index in [0.29, 0.717) is 11.5 Å². The molecular formula is C24H24N2O. The van der Waals surface area contributed by atoms with Crippen LogP contribution in [-0.2, 0) is 4.74 Å². The summed E-state index contributed by atoms with van der Waals surface area (Å²) in [6.07, 6.45) is 11.3. The monoisotopic (exact) mass is 356 g/mol. The van der Waals surface area contributed by atoms with Gasteiger partial charge in [-0.05, 0) is 53.5 Å². The van der Waals surface area contributed by atoms with Crippen LogP contribution in [0.15, 0.2) is 83.2 Å². The highest BCUT2D eigenvalue weighted by molar-refractivity contribution is 5.76. The van der Waals surface area contributed by atoms with Crippen molar-refractivity contribution in [3.8, 4) is 0 Å². The molecule has 1 aromatic heterocycles. The molecule has 27 heavy (non-hydrogen) atoms. The summed E-state index contributed by atoms with van der Waals surface area (Å²) in [6, 6.07) is 9.54. The van der Waals surface area contributed by atoms with Crippen molar-refractivity contribution in [3.63, 3.8) is 0 Å². The Kier molecular flexibility index (Phi) is 5.82. The van der Waals surface area contributed by atoms with Gasteiger partial charge in [0.2, 0.25) is 6.23 Å². The van der Waals surface area contributed by atoms with E-state index >= 15 is 0 Å². The second kappa shape index (κ2) is 8.45. The Hall–Kier alpha value is -3.20. The van der Waals surface area contributed by atoms with Crippen LogP contribution in [0.5, 0.6) is 0 Å². The Morgan fingerprint density at radius 1 is 1.11 bits per heavy atom. The van der Waals surface area contributed by atoms with Crippen LogP contribution < -0.4 is 10.4 Å². The molecule has 0 aliphatic carbocycles. The van der Waals surface area contributed by atoms with Gasteiger partial charge in [0.1, 0.15) is 5.76 Å². The molecule has 0 N–H and O–H groups in total. The van der Waals surface area contributed by atoms with Gasteiger partial charge in [0, 0.05) is 18.0 Å². The lowest BCUT2D eigenvalue weighted by atomic mass is 10.0. The first-order valence-electron chi connectivity index (χ1n) is 8.99. The van der Waals surface area contributed by atoms with Crippen molar-refractivity contribution >= 4 is 24.9 Å². The molecule has 3 heterocycles. The van der Waals surface area contributed by atoms with Crippen molar-refractivity contribution in [2.45, 2.75) is 26.0 Å². The van der Waals surface area contributed by atoms with Crippen molar-refractivity contribution in [1.29, 1.82) is 0 Å². The molecule has 136 valence electrons. The average molecular weight is 356 g/mol. The molecule has 0 amide bonds. The summed E-state index contributed by atoms with van der Waals surface area (Å²) >= 11 is 0. The highest BCUT2D eigenvalue weighted by atomic mass is 16.5. The molecule has 3 heteroatoms. The van der Waals surface area contributed by atoms with Gasteiger partial charge in [0.05, 0.1) is 5.69 Å². The van der Waals surface area contributed by atoms with E-state index in [1.54, 1.807) is 6.20 Å². The maximum absolute atomic E-state index is 6.15. The minimum atomic E-state index is -0.334. The molecular weight excluding hydrogens is 332 g/mol. The fourth-order valence-corrected chi connectivity index (χ4v) is 3.01. The first-order chi connectivity index (χ1) is 13.1. The zero-order valence-corrected chi connectivity index (χ0v) is 15.7. The molecule has 2 aliphatic heterocycles. The van der Waals surface area contributed by atoms with E-state index in [0.717, 1.165) is 28.9 Å². The Morgan fingerprint density at radius 2 is 1.93 bits per heavy atom. The molecule has 0 fully saturated rings. The number of hydrogen-bond donors (Lipinski definition) is 0. The quantitative estimate of drug-likeness (QED) is 0.762. The van der Waals surface area contributed by atoms with Gasteiger partial charge in [-0.25, -0.2) is 0 Å². The minimum absolute atomic E-state index is 0.334. The third kappa shape index (κ3) is 4.50. The summed E-state index contributed by atoms with van der Waals surface area (Å²) in [6.45, 7) is 14.4. The van der Waals surface area contributed by atoms with E-state index in [4.69, 9.17) is 4.74 Å². The summed E-state index contributed by atoms with van der Waals surface area (Å²) in [4.78, 5) is 9.14. The maximum Gasteiger partial charge on any atom is 0.211 e. The predicted octanol–water partition coefficient (Wildman–Crippen LogP) is 4.02. The van der Waals surface area contributed by atoms with Crippen LogP contribution in [-0.4, -0.2) is 17.4 Å². The first kappa shape index (κ1) is 18.6. The molecule has 0 saturated heterocycles. The van der Waals surface area contributed by atoms with Crippen molar-refractivity contribution in [1.82, 2.24) is 4.98 Å². The Labute approximate surface area is 160 Å². The van der Waals surface area contributed by atoms with E-state index in [-0.39, 0.29) is 6.23 Å². The van der Waals surface area contributed by atoms with Crippen molar-refractivity contribution < 1.29 is 4.74 Å². The summed E-state index contributed by atoms with van der Waals surface area (Å²) in [5.74, 6) is 0.532. The standard InChI is InChI=1S/C24H24N2O/c1-17-9-5-6-10-19(3)23(25-16-14-17)22-12-7-11-18(2)21-13-8-15-26-24(21)27-20(22)4/h5-7,9-12,14-16,24H,1,3-4,8,13H2,2H3/b9-5?,10-6?,11-7-,16-14?,21-18+,22-12?,25-23?. The highest BCUT2D eigenvalue weighted by Gasteiger charge is 2.22. The lowest BCUT2D eigenvalue weighted by Crippen LogP contribution is -2.19.